The molecule has 3 unspecified atom stereocenters. The Bertz CT molecular complexity index is 444. The SMILES string of the molecule is CCNC1CC(C)CCC1C(C)(C)c1ccncc1F. The van der Waals surface area contributed by atoms with Gasteiger partial charge in [0.2, 0.25) is 0 Å². The predicted octanol–water partition coefficient (Wildman–Crippen LogP) is 3.91. The van der Waals surface area contributed by atoms with Crippen LogP contribution in [0, 0.1) is 17.7 Å². The Morgan fingerprint density at radius 2 is 2.15 bits per heavy atom. The lowest BCUT2D eigenvalue weighted by Gasteiger charge is -2.45. The molecule has 1 aromatic heterocycles. The second kappa shape index (κ2) is 6.21. The van der Waals surface area contributed by atoms with Crippen LogP contribution in [-0.4, -0.2) is 17.6 Å². The normalized spacial score (nSPS) is 27.6. The van der Waals surface area contributed by atoms with E-state index in [9.17, 15) is 4.39 Å². The summed E-state index contributed by atoms with van der Waals surface area (Å²) in [4.78, 5) is 3.88. The zero-order chi connectivity index (χ0) is 14.8. The lowest BCUT2D eigenvalue weighted by atomic mass is 9.63. The molecule has 1 aliphatic carbocycles. The first-order valence-corrected chi connectivity index (χ1v) is 7.80. The molecular weight excluding hydrogens is 251 g/mol. The number of halogens is 1. The Labute approximate surface area is 122 Å². The molecule has 1 aromatic rings. The van der Waals surface area contributed by atoms with Gasteiger partial charge in [-0.3, -0.25) is 4.98 Å². The van der Waals surface area contributed by atoms with Gasteiger partial charge in [0.05, 0.1) is 6.20 Å². The maximum atomic E-state index is 14.1. The molecule has 0 amide bonds. The molecule has 0 saturated heterocycles. The van der Waals surface area contributed by atoms with Gasteiger partial charge in [-0.05, 0) is 48.3 Å². The molecule has 3 heteroatoms. The number of aromatic nitrogens is 1. The fourth-order valence-corrected chi connectivity index (χ4v) is 3.83. The van der Waals surface area contributed by atoms with Crippen molar-refractivity contribution >= 4 is 0 Å². The summed E-state index contributed by atoms with van der Waals surface area (Å²) >= 11 is 0. The van der Waals surface area contributed by atoms with Gasteiger partial charge in [0.15, 0.2) is 0 Å². The Balaban J connectivity index is 2.29. The van der Waals surface area contributed by atoms with Crippen LogP contribution in [0.25, 0.3) is 0 Å². The van der Waals surface area contributed by atoms with Gasteiger partial charge in [-0.15, -0.1) is 0 Å². The van der Waals surface area contributed by atoms with Crippen molar-refractivity contribution in [3.8, 4) is 0 Å². The number of nitrogens with one attached hydrogen (secondary N) is 1. The van der Waals surface area contributed by atoms with Gasteiger partial charge in [-0.1, -0.05) is 34.1 Å². The van der Waals surface area contributed by atoms with Crippen molar-refractivity contribution in [3.05, 3.63) is 29.8 Å². The molecule has 1 aliphatic rings. The summed E-state index contributed by atoms with van der Waals surface area (Å²) < 4.78 is 14.1. The van der Waals surface area contributed by atoms with Gasteiger partial charge in [-0.25, -0.2) is 4.39 Å². The standard InChI is InChI=1S/C17H27FN2/c1-5-20-16-10-12(2)6-7-14(16)17(3,4)13-8-9-19-11-15(13)18/h8-9,11-12,14,16,20H,5-7,10H2,1-4H3. The van der Waals surface area contributed by atoms with E-state index in [0.717, 1.165) is 24.4 Å². The lowest BCUT2D eigenvalue weighted by molar-refractivity contribution is 0.144. The number of nitrogens with zero attached hydrogens (tertiary/aromatic N) is 1. The highest BCUT2D eigenvalue weighted by Gasteiger charge is 2.40. The largest absolute Gasteiger partial charge is 0.314 e. The van der Waals surface area contributed by atoms with Crippen LogP contribution in [0.3, 0.4) is 0 Å². The van der Waals surface area contributed by atoms with Crippen molar-refractivity contribution in [1.29, 1.82) is 0 Å². The van der Waals surface area contributed by atoms with Gasteiger partial charge in [0.1, 0.15) is 5.82 Å². The Morgan fingerprint density at radius 3 is 2.80 bits per heavy atom. The molecule has 0 spiro atoms. The minimum absolute atomic E-state index is 0.167. The van der Waals surface area contributed by atoms with Crippen molar-refractivity contribution in [3.63, 3.8) is 0 Å². The topological polar surface area (TPSA) is 24.9 Å². The van der Waals surface area contributed by atoms with E-state index in [1.54, 1.807) is 6.20 Å². The second-order valence-electron chi connectivity index (χ2n) is 6.77. The quantitative estimate of drug-likeness (QED) is 0.903. The van der Waals surface area contributed by atoms with Crippen LogP contribution in [0.5, 0.6) is 0 Å². The van der Waals surface area contributed by atoms with Crippen LogP contribution in [-0.2, 0) is 5.41 Å². The first-order valence-electron chi connectivity index (χ1n) is 7.80. The summed E-state index contributed by atoms with van der Waals surface area (Å²) in [5, 5.41) is 3.62. The monoisotopic (exact) mass is 278 g/mol. The molecule has 112 valence electrons. The summed E-state index contributed by atoms with van der Waals surface area (Å²) in [7, 11) is 0. The van der Waals surface area contributed by atoms with Crippen molar-refractivity contribution in [2.24, 2.45) is 11.8 Å². The smallest absolute Gasteiger partial charge is 0.145 e. The summed E-state index contributed by atoms with van der Waals surface area (Å²) in [6, 6.07) is 2.32. The van der Waals surface area contributed by atoms with Gasteiger partial charge in [0, 0.05) is 12.2 Å². The van der Waals surface area contributed by atoms with Gasteiger partial charge in [0.25, 0.3) is 0 Å². The molecular formula is C17H27FN2. The molecule has 1 fully saturated rings. The average molecular weight is 278 g/mol. The van der Waals surface area contributed by atoms with E-state index in [2.05, 4.69) is 38.0 Å². The predicted molar refractivity (Wildman–Crippen MR) is 81.2 cm³/mol. The molecule has 0 aliphatic heterocycles. The second-order valence-corrected chi connectivity index (χ2v) is 6.77. The fourth-order valence-electron chi connectivity index (χ4n) is 3.83. The molecule has 0 radical (unpaired) electrons. The number of rotatable bonds is 4. The molecule has 20 heavy (non-hydrogen) atoms. The van der Waals surface area contributed by atoms with E-state index in [1.807, 2.05) is 6.07 Å². The minimum Gasteiger partial charge on any atom is -0.314 e. The molecule has 1 N–H and O–H groups in total. The molecule has 1 heterocycles. The van der Waals surface area contributed by atoms with Crippen molar-refractivity contribution in [2.75, 3.05) is 6.54 Å². The zero-order valence-electron chi connectivity index (χ0n) is 13.1. The average Bonchev–Trinajstić information content (AvgIpc) is 2.39. The fraction of sp³-hybridized carbons (Fsp3) is 0.706. The first kappa shape index (κ1) is 15.4. The highest BCUT2D eigenvalue weighted by Crippen LogP contribution is 2.42. The van der Waals surface area contributed by atoms with E-state index >= 15 is 0 Å². The van der Waals surface area contributed by atoms with Crippen LogP contribution >= 0.6 is 0 Å². The number of pyridine rings is 1. The Kier molecular flexibility index (Phi) is 4.79. The van der Waals surface area contributed by atoms with E-state index in [-0.39, 0.29) is 11.2 Å². The third-order valence-electron chi connectivity index (χ3n) is 4.97. The van der Waals surface area contributed by atoms with E-state index in [1.165, 1.54) is 19.0 Å². The van der Waals surface area contributed by atoms with E-state index in [0.29, 0.717) is 12.0 Å². The summed E-state index contributed by atoms with van der Waals surface area (Å²) in [6.45, 7) is 9.80. The summed E-state index contributed by atoms with van der Waals surface area (Å²) in [5.41, 5.74) is 0.634. The maximum absolute atomic E-state index is 14.1. The summed E-state index contributed by atoms with van der Waals surface area (Å²) in [6.07, 6.45) is 6.63. The molecule has 0 bridgehead atoms. The van der Waals surface area contributed by atoms with Crippen molar-refractivity contribution in [1.82, 2.24) is 10.3 Å². The number of hydrogen-bond donors (Lipinski definition) is 1. The summed E-state index contributed by atoms with van der Waals surface area (Å²) in [5.74, 6) is 1.05. The Morgan fingerprint density at radius 1 is 1.40 bits per heavy atom. The van der Waals surface area contributed by atoms with Crippen molar-refractivity contribution in [2.45, 2.75) is 58.4 Å². The van der Waals surface area contributed by atoms with E-state index < -0.39 is 0 Å². The molecule has 2 nitrogen and oxygen atoms in total. The highest BCUT2D eigenvalue weighted by atomic mass is 19.1. The highest BCUT2D eigenvalue weighted by molar-refractivity contribution is 5.25. The maximum Gasteiger partial charge on any atom is 0.145 e. The van der Waals surface area contributed by atoms with Crippen LogP contribution in [0.1, 0.15) is 52.5 Å². The van der Waals surface area contributed by atoms with Gasteiger partial charge >= 0.3 is 0 Å². The molecule has 0 aromatic carbocycles. The zero-order valence-corrected chi connectivity index (χ0v) is 13.1. The van der Waals surface area contributed by atoms with Crippen LogP contribution in [0.2, 0.25) is 0 Å². The number of hydrogen-bond acceptors (Lipinski definition) is 2. The first-order chi connectivity index (χ1) is 9.46. The van der Waals surface area contributed by atoms with Gasteiger partial charge in [-0.2, -0.15) is 0 Å². The minimum atomic E-state index is -0.175. The lowest BCUT2D eigenvalue weighted by Crippen LogP contribution is -2.48. The molecule has 3 atom stereocenters. The van der Waals surface area contributed by atoms with Crippen LogP contribution < -0.4 is 5.32 Å². The third-order valence-corrected chi connectivity index (χ3v) is 4.97. The van der Waals surface area contributed by atoms with Crippen LogP contribution in [0.4, 0.5) is 4.39 Å². The van der Waals surface area contributed by atoms with Gasteiger partial charge < -0.3 is 5.32 Å². The molecule has 1 saturated carbocycles. The third kappa shape index (κ3) is 3.03. The van der Waals surface area contributed by atoms with Crippen molar-refractivity contribution < 1.29 is 4.39 Å². The van der Waals surface area contributed by atoms with Crippen LogP contribution in [0.15, 0.2) is 18.5 Å². The molecule has 2 rings (SSSR count). The Hall–Kier alpha value is -0.960. The van der Waals surface area contributed by atoms with E-state index in [4.69, 9.17) is 0 Å².